The number of ether oxygens (including phenoxy) is 1. The first-order chi connectivity index (χ1) is 15.4. The van der Waals surface area contributed by atoms with E-state index in [4.69, 9.17) is 27.7 Å². The molecule has 3 aromatic rings. The number of halogens is 1. The number of thiocarbonyl (C=S) groups is 1. The molecule has 8 nitrogen and oxygen atoms in total. The standard InChI is InChI=1S/C22H26FN7OS.H2/c1-14(24)25-22(32)29-12-9-17(10-13-29)26-21-27-20-18(4-3-11-30(20)28-21)19(31-2)15-5-7-16(23)8-6-15;/h3-8,11,17,19H,9-10,12-13H2,1-2H3,(H,26,28)(H2,24,25,32);1H. The highest BCUT2D eigenvalue weighted by molar-refractivity contribution is 7.80. The summed E-state index contributed by atoms with van der Waals surface area (Å²) in [7, 11) is 1.63. The second-order valence-corrected chi connectivity index (χ2v) is 8.14. The molecule has 0 amide bonds. The van der Waals surface area contributed by atoms with E-state index in [0.29, 0.717) is 22.5 Å². The molecule has 3 N–H and O–H groups in total. The lowest BCUT2D eigenvalue weighted by atomic mass is 10.0. The van der Waals surface area contributed by atoms with Gasteiger partial charge in [-0.25, -0.2) is 13.9 Å². The Labute approximate surface area is 192 Å². The summed E-state index contributed by atoms with van der Waals surface area (Å²) in [5.74, 6) is 0.741. The third kappa shape index (κ3) is 4.86. The van der Waals surface area contributed by atoms with Crippen LogP contribution in [0.15, 0.2) is 47.6 Å². The molecule has 1 aliphatic rings. The second kappa shape index (κ2) is 9.58. The van der Waals surface area contributed by atoms with Gasteiger partial charge < -0.3 is 20.7 Å². The van der Waals surface area contributed by atoms with Crippen molar-refractivity contribution in [2.75, 3.05) is 25.5 Å². The van der Waals surface area contributed by atoms with Crippen molar-refractivity contribution in [2.45, 2.75) is 31.9 Å². The number of fused-ring (bicyclic) bond motifs is 1. The number of methoxy groups -OCH3 is 1. The predicted octanol–water partition coefficient (Wildman–Crippen LogP) is 3.39. The number of nitrogens with one attached hydrogen (secondary N) is 1. The van der Waals surface area contributed by atoms with E-state index in [-0.39, 0.29) is 19.4 Å². The van der Waals surface area contributed by atoms with Gasteiger partial charge in [0.1, 0.15) is 11.9 Å². The molecular weight excluding hydrogens is 429 g/mol. The number of anilines is 1. The SMILES string of the molecule is COC(c1ccc(F)cc1)c1cccn2nc(NC3CCN(C(=S)/N=C(/C)N)CC3)nc12.[HH]. The highest BCUT2D eigenvalue weighted by Crippen LogP contribution is 2.29. The van der Waals surface area contributed by atoms with Crippen molar-refractivity contribution >= 4 is 34.8 Å². The molecule has 1 aromatic carbocycles. The summed E-state index contributed by atoms with van der Waals surface area (Å²) < 4.78 is 20.8. The lowest BCUT2D eigenvalue weighted by molar-refractivity contribution is 0.137. The average Bonchev–Trinajstić information content (AvgIpc) is 3.19. The van der Waals surface area contributed by atoms with Crippen LogP contribution in [0.2, 0.25) is 0 Å². The summed E-state index contributed by atoms with van der Waals surface area (Å²) >= 11 is 5.34. The minimum Gasteiger partial charge on any atom is -0.387 e. The molecule has 1 fully saturated rings. The van der Waals surface area contributed by atoms with Crippen LogP contribution in [0.4, 0.5) is 10.3 Å². The van der Waals surface area contributed by atoms with E-state index >= 15 is 0 Å². The predicted molar refractivity (Wildman–Crippen MR) is 128 cm³/mol. The van der Waals surface area contributed by atoms with E-state index in [2.05, 4.69) is 20.3 Å². The molecular formula is C22H28FN7OS. The van der Waals surface area contributed by atoms with Crippen molar-refractivity contribution in [2.24, 2.45) is 10.7 Å². The lowest BCUT2D eigenvalue weighted by Gasteiger charge is -2.32. The van der Waals surface area contributed by atoms with Gasteiger partial charge in [-0.15, -0.1) is 5.10 Å². The van der Waals surface area contributed by atoms with E-state index in [9.17, 15) is 4.39 Å². The molecule has 4 rings (SSSR count). The largest absolute Gasteiger partial charge is 0.387 e. The molecule has 1 aliphatic heterocycles. The Kier molecular flexibility index (Phi) is 6.61. The Bertz CT molecular complexity index is 1130. The van der Waals surface area contributed by atoms with Gasteiger partial charge in [0.15, 0.2) is 10.8 Å². The van der Waals surface area contributed by atoms with E-state index < -0.39 is 0 Å². The van der Waals surface area contributed by atoms with Gasteiger partial charge in [0.2, 0.25) is 5.95 Å². The van der Waals surface area contributed by atoms with Crippen molar-refractivity contribution in [3.8, 4) is 0 Å². The molecule has 0 spiro atoms. The monoisotopic (exact) mass is 457 g/mol. The highest BCUT2D eigenvalue weighted by Gasteiger charge is 2.23. The van der Waals surface area contributed by atoms with Gasteiger partial charge in [-0.05, 0) is 55.7 Å². The number of likely N-dealkylation sites (tertiary alicyclic amines) is 1. The van der Waals surface area contributed by atoms with E-state index in [1.165, 1.54) is 12.1 Å². The number of nitrogens with two attached hydrogens (primary N) is 1. The Morgan fingerprint density at radius 2 is 2.03 bits per heavy atom. The molecule has 32 heavy (non-hydrogen) atoms. The summed E-state index contributed by atoms with van der Waals surface area (Å²) in [6.07, 6.45) is 3.24. The summed E-state index contributed by atoms with van der Waals surface area (Å²) in [4.78, 5) is 11.0. The van der Waals surface area contributed by atoms with Crippen LogP contribution in [0.5, 0.6) is 0 Å². The van der Waals surface area contributed by atoms with Crippen LogP contribution in [0.25, 0.3) is 5.65 Å². The zero-order chi connectivity index (χ0) is 22.7. The molecule has 2 aromatic heterocycles. The molecule has 1 atom stereocenters. The number of pyridine rings is 1. The topological polar surface area (TPSA) is 93.1 Å². The van der Waals surface area contributed by atoms with E-state index in [0.717, 1.165) is 37.1 Å². The minimum absolute atomic E-state index is 0. The van der Waals surface area contributed by atoms with Gasteiger partial charge in [-0.2, -0.15) is 4.98 Å². The van der Waals surface area contributed by atoms with Crippen LogP contribution in [0.3, 0.4) is 0 Å². The van der Waals surface area contributed by atoms with Gasteiger partial charge in [0.05, 0.1) is 5.84 Å². The molecule has 0 saturated carbocycles. The quantitative estimate of drug-likeness (QED) is 0.345. The van der Waals surface area contributed by atoms with E-state index in [1.54, 1.807) is 30.7 Å². The normalized spacial score (nSPS) is 16.3. The van der Waals surface area contributed by atoms with Crippen LogP contribution >= 0.6 is 12.2 Å². The van der Waals surface area contributed by atoms with Gasteiger partial charge in [0.25, 0.3) is 0 Å². The highest BCUT2D eigenvalue weighted by atomic mass is 32.1. The molecule has 10 heteroatoms. The van der Waals surface area contributed by atoms with Gasteiger partial charge in [-0.1, -0.05) is 18.2 Å². The summed E-state index contributed by atoms with van der Waals surface area (Å²) in [5, 5.41) is 8.56. The van der Waals surface area contributed by atoms with Crippen molar-refractivity contribution in [3.63, 3.8) is 0 Å². The van der Waals surface area contributed by atoms with Crippen LogP contribution in [0.1, 0.15) is 38.4 Å². The maximum Gasteiger partial charge on any atom is 0.243 e. The Hall–Kier alpha value is -3.11. The Morgan fingerprint density at radius 3 is 2.69 bits per heavy atom. The van der Waals surface area contributed by atoms with Crippen molar-refractivity contribution in [3.05, 3.63) is 59.5 Å². The first-order valence-electron chi connectivity index (χ1n) is 10.4. The fraction of sp³-hybridized carbons (Fsp3) is 0.364. The molecule has 0 radical (unpaired) electrons. The molecule has 3 heterocycles. The number of aromatic nitrogens is 3. The first kappa shape index (κ1) is 22.1. The Balaban J connectivity index is 0.00000306. The smallest absolute Gasteiger partial charge is 0.243 e. The first-order valence-corrected chi connectivity index (χ1v) is 10.8. The fourth-order valence-electron chi connectivity index (χ4n) is 3.89. The number of hydrogen-bond donors (Lipinski definition) is 2. The number of rotatable bonds is 5. The zero-order valence-corrected chi connectivity index (χ0v) is 18.8. The Morgan fingerprint density at radius 1 is 1.31 bits per heavy atom. The number of benzene rings is 1. The molecule has 170 valence electrons. The summed E-state index contributed by atoms with van der Waals surface area (Å²) in [6.45, 7) is 3.32. The van der Waals surface area contributed by atoms with Crippen molar-refractivity contribution in [1.29, 1.82) is 0 Å². The van der Waals surface area contributed by atoms with Crippen molar-refractivity contribution < 1.29 is 10.6 Å². The third-order valence-electron chi connectivity index (χ3n) is 5.45. The average molecular weight is 458 g/mol. The van der Waals surface area contributed by atoms with Crippen LogP contribution in [-0.2, 0) is 4.74 Å². The maximum absolute atomic E-state index is 13.4. The molecule has 0 bridgehead atoms. The van der Waals surface area contributed by atoms with Gasteiger partial charge in [-0.3, -0.25) is 0 Å². The fourth-order valence-corrected chi connectivity index (χ4v) is 4.22. The number of aliphatic imine (C=N–C) groups is 1. The lowest BCUT2D eigenvalue weighted by Crippen LogP contribution is -2.41. The summed E-state index contributed by atoms with van der Waals surface area (Å²) in [5.41, 5.74) is 8.03. The van der Waals surface area contributed by atoms with Crippen LogP contribution in [-0.4, -0.2) is 56.7 Å². The zero-order valence-electron chi connectivity index (χ0n) is 18.0. The van der Waals surface area contributed by atoms with Gasteiger partial charge >= 0.3 is 0 Å². The molecule has 0 aliphatic carbocycles. The maximum atomic E-state index is 13.4. The number of amidine groups is 1. The number of nitrogens with zero attached hydrogens (tertiary/aromatic N) is 5. The van der Waals surface area contributed by atoms with Crippen molar-refractivity contribution in [1.82, 2.24) is 19.5 Å². The van der Waals surface area contributed by atoms with E-state index in [1.807, 2.05) is 18.3 Å². The molecule has 1 saturated heterocycles. The third-order valence-corrected chi connectivity index (χ3v) is 5.80. The molecule has 1 unspecified atom stereocenters. The van der Waals surface area contributed by atoms with Gasteiger partial charge in [0, 0.05) is 39.4 Å². The van der Waals surface area contributed by atoms with Crippen LogP contribution < -0.4 is 11.1 Å². The summed E-state index contributed by atoms with van der Waals surface area (Å²) in [6, 6.07) is 10.4. The number of hydrogen-bond acceptors (Lipinski definition) is 5. The second-order valence-electron chi connectivity index (χ2n) is 7.78. The minimum atomic E-state index is -0.382. The van der Waals surface area contributed by atoms with Crippen LogP contribution in [0, 0.1) is 5.82 Å². The number of piperidine rings is 1.